The number of piperazine rings is 1. The fraction of sp³-hybridized carbons (Fsp3) is 0.441. The first-order valence-corrected chi connectivity index (χ1v) is 17.3. The second kappa shape index (κ2) is 16.1. The van der Waals surface area contributed by atoms with Crippen molar-refractivity contribution in [1.82, 2.24) is 40.3 Å². The minimum Gasteiger partial charge on any atom is -0.410 e. The minimum atomic E-state index is -0.842. The number of nitrogens with one attached hydrogen (secondary N) is 2. The number of urea groups is 1. The van der Waals surface area contributed by atoms with Gasteiger partial charge >= 0.3 is 12.1 Å². The van der Waals surface area contributed by atoms with E-state index in [4.69, 9.17) is 10.5 Å². The normalized spacial score (nSPS) is 17.8. The van der Waals surface area contributed by atoms with Crippen molar-refractivity contribution in [3.05, 3.63) is 66.2 Å². The second-order valence-corrected chi connectivity index (χ2v) is 13.4. The van der Waals surface area contributed by atoms with Crippen LogP contribution < -0.4 is 21.1 Å². The summed E-state index contributed by atoms with van der Waals surface area (Å²) in [4.78, 5) is 63.5. The molecule has 0 spiro atoms. The van der Waals surface area contributed by atoms with Crippen LogP contribution in [0.25, 0.3) is 10.2 Å². The minimum absolute atomic E-state index is 0.0642. The molecule has 15 heteroatoms. The highest BCUT2D eigenvalue weighted by Gasteiger charge is 2.52. The largest absolute Gasteiger partial charge is 0.412 e. The Morgan fingerprint density at radius 3 is 2.63 bits per heavy atom. The SMILES string of the molecule is C=CCN(C(=O)NCCCC)N1CC(=O)N2[C@@H](Cc3ccc(OC(=O)NCCN(C)C)cc3)C(=O)N(Cc3cccc4sc(N)nc34)C[C@@H]21. The number of hydrogen-bond donors (Lipinski definition) is 3. The van der Waals surface area contributed by atoms with E-state index in [1.54, 1.807) is 45.2 Å². The first kappa shape index (κ1) is 35.6. The maximum atomic E-state index is 14.3. The molecule has 0 bridgehead atoms. The molecule has 49 heavy (non-hydrogen) atoms. The number of hydrazine groups is 1. The highest BCUT2D eigenvalue weighted by Crippen LogP contribution is 2.32. The Kier molecular flexibility index (Phi) is 11.7. The van der Waals surface area contributed by atoms with Crippen molar-refractivity contribution in [3.63, 3.8) is 0 Å². The van der Waals surface area contributed by atoms with Gasteiger partial charge in [-0.2, -0.15) is 5.01 Å². The molecule has 0 unspecified atom stereocenters. The van der Waals surface area contributed by atoms with Crippen molar-refractivity contribution in [2.24, 2.45) is 0 Å². The number of amides is 5. The summed E-state index contributed by atoms with van der Waals surface area (Å²) in [6.45, 7) is 8.07. The lowest BCUT2D eigenvalue weighted by Gasteiger charge is -2.46. The van der Waals surface area contributed by atoms with Crippen LogP contribution in [0.2, 0.25) is 0 Å². The topological polar surface area (TPSA) is 157 Å². The van der Waals surface area contributed by atoms with Gasteiger partial charge in [-0.05, 0) is 49.8 Å². The monoisotopic (exact) mass is 691 g/mol. The molecule has 2 aliphatic heterocycles. The molecule has 3 heterocycles. The van der Waals surface area contributed by atoms with Gasteiger partial charge < -0.3 is 35.8 Å². The molecule has 2 aromatic carbocycles. The van der Waals surface area contributed by atoms with Crippen molar-refractivity contribution < 1.29 is 23.9 Å². The lowest BCUT2D eigenvalue weighted by Crippen LogP contribution is -2.66. The first-order valence-electron chi connectivity index (χ1n) is 16.5. The van der Waals surface area contributed by atoms with Gasteiger partial charge in [0.15, 0.2) is 5.13 Å². The van der Waals surface area contributed by atoms with Gasteiger partial charge in [0.25, 0.3) is 0 Å². The van der Waals surface area contributed by atoms with Gasteiger partial charge in [-0.25, -0.2) is 14.6 Å². The number of para-hydroxylation sites is 1. The van der Waals surface area contributed by atoms with Crippen LogP contribution in [0.5, 0.6) is 5.75 Å². The summed E-state index contributed by atoms with van der Waals surface area (Å²) in [7, 11) is 3.83. The fourth-order valence-electron chi connectivity index (χ4n) is 6.08. The van der Waals surface area contributed by atoms with Gasteiger partial charge in [0.1, 0.15) is 18.0 Å². The summed E-state index contributed by atoms with van der Waals surface area (Å²) in [5, 5.41) is 9.35. The highest BCUT2D eigenvalue weighted by atomic mass is 32.1. The number of rotatable bonds is 14. The second-order valence-electron chi connectivity index (χ2n) is 12.4. The van der Waals surface area contributed by atoms with E-state index in [1.165, 1.54) is 16.3 Å². The number of carbonyl (C=O) groups excluding carboxylic acids is 4. The molecule has 2 saturated heterocycles. The van der Waals surface area contributed by atoms with Crippen LogP contribution in [-0.2, 0) is 22.6 Å². The molecule has 2 fully saturated rings. The quantitative estimate of drug-likeness (QED) is 0.171. The lowest BCUT2D eigenvalue weighted by molar-refractivity contribution is -0.157. The fourth-order valence-corrected chi connectivity index (χ4v) is 6.86. The number of nitrogens with zero attached hydrogens (tertiary/aromatic N) is 6. The van der Waals surface area contributed by atoms with Gasteiger partial charge in [-0.1, -0.05) is 55.0 Å². The Hall–Kier alpha value is -4.73. The lowest BCUT2D eigenvalue weighted by atomic mass is 9.99. The van der Waals surface area contributed by atoms with Gasteiger partial charge in [0.05, 0.1) is 29.9 Å². The van der Waals surface area contributed by atoms with Crippen LogP contribution in [0.4, 0.5) is 14.7 Å². The number of aromatic nitrogens is 1. The van der Waals surface area contributed by atoms with Crippen molar-refractivity contribution in [1.29, 1.82) is 0 Å². The summed E-state index contributed by atoms with van der Waals surface area (Å²) in [6, 6.07) is 11.5. The average Bonchev–Trinajstić information content (AvgIpc) is 3.61. The van der Waals surface area contributed by atoms with Crippen LogP contribution in [0, 0.1) is 0 Å². The number of fused-ring (bicyclic) bond motifs is 2. The number of nitrogen functional groups attached to an aromatic ring is 1. The molecule has 0 radical (unpaired) electrons. The number of likely N-dealkylation sites (N-methyl/N-ethyl adjacent to an activating group) is 1. The Balaban J connectivity index is 1.41. The number of nitrogens with two attached hydrogens (primary N) is 1. The molecule has 262 valence electrons. The molecule has 2 atom stereocenters. The standard InChI is InChI=1S/C34H45N9O5S/c1-5-7-15-36-33(46)41(17-6-2)42-22-29(44)43-26(19-23-11-13-25(14-12-23)48-34(47)37-16-18-39(3)4)31(45)40(21-28(42)43)20-24-9-8-10-27-30(24)38-32(35)49-27/h6,8-14,26,28H,2,5,7,15-22H2,1,3-4H3,(H2,35,38)(H,36,46)(H,37,47)/t26-,28+/m0/s1. The molecule has 5 amide bonds. The zero-order valence-electron chi connectivity index (χ0n) is 28.3. The van der Waals surface area contributed by atoms with Crippen molar-refractivity contribution >= 4 is 50.6 Å². The number of benzene rings is 2. The van der Waals surface area contributed by atoms with Gasteiger partial charge in [-0.3, -0.25) is 14.6 Å². The average molecular weight is 692 g/mol. The third-order valence-corrected chi connectivity index (χ3v) is 9.34. The zero-order chi connectivity index (χ0) is 35.1. The molecular formula is C34H45N9O5S. The number of ether oxygens (including phenoxy) is 1. The summed E-state index contributed by atoms with van der Waals surface area (Å²) in [5.41, 5.74) is 8.38. The molecule has 4 N–H and O–H groups in total. The summed E-state index contributed by atoms with van der Waals surface area (Å²) >= 11 is 1.38. The molecule has 0 saturated carbocycles. The molecule has 1 aromatic heterocycles. The number of unbranched alkanes of at least 4 members (excludes halogenated alkanes) is 1. The predicted molar refractivity (Wildman–Crippen MR) is 189 cm³/mol. The summed E-state index contributed by atoms with van der Waals surface area (Å²) < 4.78 is 6.33. The van der Waals surface area contributed by atoms with E-state index in [9.17, 15) is 19.2 Å². The van der Waals surface area contributed by atoms with Gasteiger partial charge in [0.2, 0.25) is 11.8 Å². The smallest absolute Gasteiger partial charge is 0.410 e. The summed E-state index contributed by atoms with van der Waals surface area (Å²) in [6.07, 6.45) is 2.43. The zero-order valence-corrected chi connectivity index (χ0v) is 29.1. The van der Waals surface area contributed by atoms with Crippen LogP contribution in [0.3, 0.4) is 0 Å². The Labute approximate surface area is 290 Å². The van der Waals surface area contributed by atoms with Gasteiger partial charge in [-0.15, -0.1) is 6.58 Å². The van der Waals surface area contributed by atoms with Crippen LogP contribution in [0.1, 0.15) is 30.9 Å². The first-order chi connectivity index (χ1) is 23.6. The summed E-state index contributed by atoms with van der Waals surface area (Å²) in [5.74, 6) is -0.106. The van der Waals surface area contributed by atoms with E-state index < -0.39 is 18.3 Å². The Morgan fingerprint density at radius 1 is 1.14 bits per heavy atom. The number of thiazole rings is 1. The molecular weight excluding hydrogens is 646 g/mol. The number of hydrogen-bond acceptors (Lipinski definition) is 10. The van der Waals surface area contributed by atoms with Crippen molar-refractivity contribution in [2.45, 2.75) is 44.9 Å². The van der Waals surface area contributed by atoms with E-state index in [0.29, 0.717) is 30.5 Å². The van der Waals surface area contributed by atoms with E-state index in [2.05, 4.69) is 22.2 Å². The molecule has 0 aliphatic carbocycles. The Bertz CT molecular complexity index is 1660. The van der Waals surface area contributed by atoms with Crippen molar-refractivity contribution in [2.75, 3.05) is 59.1 Å². The number of carbonyl (C=O) groups is 4. The van der Waals surface area contributed by atoms with E-state index >= 15 is 0 Å². The Morgan fingerprint density at radius 2 is 1.92 bits per heavy atom. The van der Waals surface area contributed by atoms with Gasteiger partial charge in [0, 0.05) is 32.6 Å². The van der Waals surface area contributed by atoms with E-state index in [0.717, 1.165) is 34.2 Å². The van der Waals surface area contributed by atoms with Crippen LogP contribution >= 0.6 is 11.3 Å². The third kappa shape index (κ3) is 8.47. The molecule has 5 rings (SSSR count). The molecule has 3 aromatic rings. The highest BCUT2D eigenvalue weighted by molar-refractivity contribution is 7.22. The van der Waals surface area contributed by atoms with Crippen LogP contribution in [-0.4, -0.2) is 119 Å². The van der Waals surface area contributed by atoms with Crippen molar-refractivity contribution in [3.8, 4) is 5.75 Å². The van der Waals surface area contributed by atoms with E-state index in [1.807, 2.05) is 44.1 Å². The van der Waals surface area contributed by atoms with Crippen LogP contribution in [0.15, 0.2) is 55.1 Å². The molecule has 14 nitrogen and oxygen atoms in total. The maximum Gasteiger partial charge on any atom is 0.412 e. The third-order valence-electron chi connectivity index (χ3n) is 8.49. The maximum absolute atomic E-state index is 14.3. The molecule has 2 aliphatic rings. The van der Waals surface area contributed by atoms with E-state index in [-0.39, 0.29) is 50.4 Å². The predicted octanol–water partition coefficient (Wildman–Crippen LogP) is 2.87. The number of anilines is 1.